The van der Waals surface area contributed by atoms with E-state index in [1.165, 1.54) is 9.59 Å². The molecular weight excluding hydrogens is 859 g/mol. The maximum Gasteiger partial charge on any atom is 0.249 e. The molecule has 20 heteroatoms. The normalized spacial score (nSPS) is 16.9. The van der Waals surface area contributed by atoms with Gasteiger partial charge in [0.05, 0.1) is 13.1 Å². The lowest BCUT2D eigenvalue weighted by atomic mass is 10.0. The van der Waals surface area contributed by atoms with E-state index in [1.807, 2.05) is 61.8 Å². The lowest BCUT2D eigenvalue weighted by molar-refractivity contribution is -0.131. The van der Waals surface area contributed by atoms with Crippen molar-refractivity contribution in [3.63, 3.8) is 0 Å². The summed E-state index contributed by atoms with van der Waals surface area (Å²) in [5, 5.41) is 33.6. The molecule has 18 nitrogen and oxygen atoms in total. The molecule has 336 valence electrons. The first-order valence-corrected chi connectivity index (χ1v) is 22.3. The molecule has 2 atom stereocenters. The third-order valence-electron chi connectivity index (χ3n) is 10.8. The lowest BCUT2D eigenvalue weighted by Crippen LogP contribution is -2.37. The van der Waals surface area contributed by atoms with Gasteiger partial charge in [-0.1, -0.05) is 73.3 Å². The molecule has 0 aliphatic carbocycles. The lowest BCUT2D eigenvalue weighted by Gasteiger charge is -2.32. The Bertz CT molecular complexity index is 2420. The van der Waals surface area contributed by atoms with E-state index in [1.54, 1.807) is 50.3 Å². The molecule has 0 bridgehead atoms. The molecule has 2 saturated heterocycles. The van der Waals surface area contributed by atoms with E-state index in [-0.39, 0.29) is 35.7 Å². The average Bonchev–Trinajstić information content (AvgIpc) is 4.12. The molecule has 2 aliphatic rings. The van der Waals surface area contributed by atoms with Gasteiger partial charge in [-0.15, -0.1) is 20.4 Å². The molecule has 2 aliphatic heterocycles. The maximum absolute atomic E-state index is 13.1. The third kappa shape index (κ3) is 11.7. The van der Waals surface area contributed by atoms with Gasteiger partial charge in [0.1, 0.15) is 12.1 Å². The number of aromatic nitrogens is 12. The van der Waals surface area contributed by atoms with Gasteiger partial charge >= 0.3 is 0 Å². The molecule has 0 saturated carbocycles. The van der Waals surface area contributed by atoms with Crippen molar-refractivity contribution in [2.24, 2.45) is 0 Å². The summed E-state index contributed by atoms with van der Waals surface area (Å²) in [6.45, 7) is 13.7. The van der Waals surface area contributed by atoms with Crippen molar-refractivity contribution < 1.29 is 18.6 Å². The van der Waals surface area contributed by atoms with Gasteiger partial charge < -0.3 is 18.8 Å². The average molecular weight is 912 g/mol. The Morgan fingerprint density at radius 1 is 0.672 bits per heavy atom. The predicted octanol–water partition coefficient (Wildman–Crippen LogP) is 7.91. The molecule has 4 aromatic heterocycles. The summed E-state index contributed by atoms with van der Waals surface area (Å²) in [4.78, 5) is 41.9. The first kappa shape index (κ1) is 45.9. The molecular formula is C44H52Cl2N14O4. The minimum Gasteiger partial charge on any atom is -0.337 e. The highest BCUT2D eigenvalue weighted by Crippen LogP contribution is 2.33. The van der Waals surface area contributed by atoms with Crippen LogP contribution in [-0.4, -0.2) is 95.4 Å². The minimum atomic E-state index is -0.201. The van der Waals surface area contributed by atoms with Crippen LogP contribution in [0, 0.1) is 13.8 Å². The zero-order valence-electron chi connectivity index (χ0n) is 36.8. The Labute approximate surface area is 381 Å². The van der Waals surface area contributed by atoms with E-state index < -0.39 is 0 Å². The SMILES string of the molecule is Cc1nnn(Cc2cc(Cl)ccc2/C=C/C(=O)N2CCCC[C@@H]2c2nc(C(C)C)no2)n1.Cc1nnn(Cc2cc(Cl)ccc2/C=C/C(=O)N2CCCC[C@H]2c2nc(C(C)C)no2)n1. The molecule has 0 N–H and O–H groups in total. The molecule has 2 fully saturated rings. The Morgan fingerprint density at radius 2 is 1.09 bits per heavy atom. The van der Waals surface area contributed by atoms with Crippen LogP contribution in [0.3, 0.4) is 0 Å². The van der Waals surface area contributed by atoms with Crippen molar-refractivity contribution in [1.29, 1.82) is 0 Å². The van der Waals surface area contributed by atoms with E-state index in [2.05, 4.69) is 51.1 Å². The Morgan fingerprint density at radius 3 is 1.45 bits per heavy atom. The fraction of sp³-hybridized carbons (Fsp3) is 0.455. The van der Waals surface area contributed by atoms with E-state index in [9.17, 15) is 9.59 Å². The summed E-state index contributed by atoms with van der Waals surface area (Å²) in [7, 11) is 0. The summed E-state index contributed by atoms with van der Waals surface area (Å²) in [5.74, 6) is 3.70. The standard InChI is InChI=1S/2C22H26ClN7O2/c2*1-14(2)21-24-22(32-27-21)19-6-4-5-11-29(19)20(31)10-8-16-7-9-18(23)12-17(16)13-30-26-15(3)25-28-30/h2*7-10,12,14,19H,4-6,11,13H2,1-3H3/b2*10-8+/t2*19-/m10/s1. The second-order valence-corrected chi connectivity index (χ2v) is 17.3. The summed E-state index contributed by atoms with van der Waals surface area (Å²) in [6.07, 6.45) is 12.3. The van der Waals surface area contributed by atoms with Crippen molar-refractivity contribution in [2.75, 3.05) is 13.1 Å². The maximum atomic E-state index is 13.1. The number of rotatable bonds is 12. The number of carbonyl (C=O) groups is 2. The molecule has 64 heavy (non-hydrogen) atoms. The second kappa shape index (κ2) is 21.0. The van der Waals surface area contributed by atoms with Crippen molar-refractivity contribution >= 4 is 47.2 Å². The van der Waals surface area contributed by atoms with Gasteiger partial charge in [-0.25, -0.2) is 0 Å². The van der Waals surface area contributed by atoms with Crippen LogP contribution in [0.2, 0.25) is 10.0 Å². The zero-order valence-corrected chi connectivity index (χ0v) is 38.3. The summed E-state index contributed by atoms with van der Waals surface area (Å²) < 4.78 is 11.0. The molecule has 8 rings (SSSR count). The number of likely N-dealkylation sites (tertiary alicyclic amines) is 2. The smallest absolute Gasteiger partial charge is 0.249 e. The second-order valence-electron chi connectivity index (χ2n) is 16.5. The van der Waals surface area contributed by atoms with Crippen LogP contribution in [0.1, 0.15) is 147 Å². The highest BCUT2D eigenvalue weighted by atomic mass is 35.5. The van der Waals surface area contributed by atoms with E-state index in [0.29, 0.717) is 71.3 Å². The van der Waals surface area contributed by atoms with Crippen molar-refractivity contribution in [3.05, 3.63) is 116 Å². The van der Waals surface area contributed by atoms with Gasteiger partial charge in [0.15, 0.2) is 23.3 Å². The van der Waals surface area contributed by atoms with Crippen LogP contribution in [0.5, 0.6) is 0 Å². The van der Waals surface area contributed by atoms with Crippen molar-refractivity contribution in [2.45, 2.75) is 117 Å². The number of aryl methyl sites for hydroxylation is 2. The molecule has 0 unspecified atom stereocenters. The number of amides is 2. The number of hydrogen-bond donors (Lipinski definition) is 0. The summed E-state index contributed by atoms with van der Waals surface area (Å²) >= 11 is 12.4. The van der Waals surface area contributed by atoms with Crippen LogP contribution < -0.4 is 0 Å². The number of hydrogen-bond acceptors (Lipinski definition) is 14. The van der Waals surface area contributed by atoms with E-state index >= 15 is 0 Å². The Kier molecular flexibility index (Phi) is 15.1. The number of nitrogens with zero attached hydrogens (tertiary/aromatic N) is 14. The van der Waals surface area contributed by atoms with E-state index in [0.717, 1.165) is 60.8 Å². The van der Waals surface area contributed by atoms with Gasteiger partial charge in [-0.3, -0.25) is 9.59 Å². The van der Waals surface area contributed by atoms with Crippen LogP contribution >= 0.6 is 23.2 Å². The first-order chi connectivity index (χ1) is 30.8. The molecule has 0 radical (unpaired) electrons. The van der Waals surface area contributed by atoms with Crippen molar-refractivity contribution in [1.82, 2.24) is 70.5 Å². The van der Waals surface area contributed by atoms with Crippen LogP contribution in [0.25, 0.3) is 12.2 Å². The quantitative estimate of drug-likeness (QED) is 0.107. The molecule has 0 spiro atoms. The predicted molar refractivity (Wildman–Crippen MR) is 238 cm³/mol. The number of tetrazole rings is 2. The van der Waals surface area contributed by atoms with Crippen LogP contribution in [-0.2, 0) is 22.7 Å². The Balaban J connectivity index is 0.000000191. The monoisotopic (exact) mass is 910 g/mol. The minimum absolute atomic E-state index is 0.0883. The third-order valence-corrected chi connectivity index (χ3v) is 11.3. The van der Waals surface area contributed by atoms with Crippen LogP contribution in [0.4, 0.5) is 0 Å². The number of halogens is 2. The van der Waals surface area contributed by atoms with Gasteiger partial charge in [0.2, 0.25) is 23.6 Å². The van der Waals surface area contributed by atoms with Crippen LogP contribution in [0.15, 0.2) is 57.6 Å². The highest BCUT2D eigenvalue weighted by Gasteiger charge is 2.33. The largest absolute Gasteiger partial charge is 0.337 e. The number of piperidine rings is 2. The van der Waals surface area contributed by atoms with Gasteiger partial charge in [-0.05, 0) is 121 Å². The fourth-order valence-corrected chi connectivity index (χ4v) is 7.87. The molecule has 6 heterocycles. The van der Waals surface area contributed by atoms with Gasteiger partial charge in [0.25, 0.3) is 0 Å². The Hall–Kier alpha value is -6.14. The zero-order chi connectivity index (χ0) is 45.3. The topological polar surface area (TPSA) is 206 Å². The van der Waals surface area contributed by atoms with E-state index in [4.69, 9.17) is 32.2 Å². The summed E-state index contributed by atoms with van der Waals surface area (Å²) in [5.41, 5.74) is 3.53. The van der Waals surface area contributed by atoms with Gasteiger partial charge in [0, 0.05) is 47.1 Å². The number of carbonyl (C=O) groups excluding carboxylic acids is 2. The summed E-state index contributed by atoms with van der Waals surface area (Å²) in [6, 6.07) is 10.6. The fourth-order valence-electron chi connectivity index (χ4n) is 7.49. The molecule has 2 amide bonds. The molecule has 2 aromatic carbocycles. The van der Waals surface area contributed by atoms with Gasteiger partial charge in [-0.2, -0.15) is 19.6 Å². The molecule has 6 aromatic rings. The van der Waals surface area contributed by atoms with Crippen molar-refractivity contribution in [3.8, 4) is 0 Å². The number of benzene rings is 2. The first-order valence-electron chi connectivity index (χ1n) is 21.5. The highest BCUT2D eigenvalue weighted by molar-refractivity contribution is 6.31.